The van der Waals surface area contributed by atoms with E-state index in [-0.39, 0.29) is 4.38 Å². The second kappa shape index (κ2) is 10.7. The minimum Gasteiger partial charge on any atom is -0.476 e. The monoisotopic (exact) mass is 250 g/mol. The summed E-state index contributed by atoms with van der Waals surface area (Å²) in [7, 11) is 0. The summed E-state index contributed by atoms with van der Waals surface area (Å²) in [5.41, 5.74) is 0. The Bertz CT molecular complexity index is 161. The van der Waals surface area contributed by atoms with Crippen molar-refractivity contribution in [2.75, 3.05) is 19.8 Å². The second-order valence-corrected chi connectivity index (χ2v) is 5.05. The summed E-state index contributed by atoms with van der Waals surface area (Å²) in [4.78, 5) is 0. The fourth-order valence-electron chi connectivity index (χ4n) is 1.22. The van der Waals surface area contributed by atoms with Crippen molar-refractivity contribution in [3.05, 3.63) is 0 Å². The van der Waals surface area contributed by atoms with Gasteiger partial charge in [-0.25, -0.2) is 0 Å². The number of ether oxygens (including phenoxy) is 2. The maximum Gasteiger partial charge on any atom is 0.216 e. The van der Waals surface area contributed by atoms with Crippen LogP contribution in [0.2, 0.25) is 0 Å². The average molecular weight is 250 g/mol. The molecule has 0 aliphatic carbocycles. The molecule has 0 rings (SSSR count). The van der Waals surface area contributed by atoms with E-state index in [1.165, 1.54) is 19.3 Å². The number of thiocarbonyl (C=S) groups is 1. The van der Waals surface area contributed by atoms with Crippen LogP contribution in [0.3, 0.4) is 0 Å². The molecule has 0 aromatic carbocycles. The third-order valence-corrected chi connectivity index (χ3v) is 2.27. The zero-order valence-corrected chi connectivity index (χ0v) is 11.4. The summed E-state index contributed by atoms with van der Waals surface area (Å²) in [5.74, 6) is 0.815. The first kappa shape index (κ1) is 15.2. The molecule has 0 saturated carbocycles. The van der Waals surface area contributed by atoms with E-state index in [2.05, 4.69) is 38.7 Å². The zero-order chi connectivity index (χ0) is 11.5. The van der Waals surface area contributed by atoms with Gasteiger partial charge in [0.25, 0.3) is 0 Å². The van der Waals surface area contributed by atoms with Gasteiger partial charge >= 0.3 is 0 Å². The standard InChI is InChI=1S/C11H22O2S2/c1-10(2)6-4-3-5-7-12-8-9-13-11(14)15/h10H,3-9H2,1-2H3,(H,14,15). The van der Waals surface area contributed by atoms with E-state index in [1.54, 1.807) is 0 Å². The van der Waals surface area contributed by atoms with Crippen molar-refractivity contribution in [3.8, 4) is 0 Å². The maximum absolute atomic E-state index is 5.37. The van der Waals surface area contributed by atoms with Gasteiger partial charge in [0, 0.05) is 6.61 Å². The van der Waals surface area contributed by atoms with Gasteiger partial charge in [0.15, 0.2) is 0 Å². The van der Waals surface area contributed by atoms with Gasteiger partial charge in [-0.1, -0.05) is 45.7 Å². The molecule has 0 heterocycles. The molecule has 15 heavy (non-hydrogen) atoms. The summed E-state index contributed by atoms with van der Waals surface area (Å²) in [6.45, 7) is 6.45. The Kier molecular flexibility index (Phi) is 10.9. The Labute approximate surface area is 104 Å². The lowest BCUT2D eigenvalue weighted by molar-refractivity contribution is 0.0960. The number of unbranched alkanes of at least 4 members (excludes halogenated alkanes) is 2. The molecule has 0 aromatic rings. The van der Waals surface area contributed by atoms with Crippen LogP contribution in [0.4, 0.5) is 0 Å². The van der Waals surface area contributed by atoms with Crippen LogP contribution in [0, 0.1) is 5.92 Å². The highest BCUT2D eigenvalue weighted by molar-refractivity contribution is 8.10. The van der Waals surface area contributed by atoms with Crippen LogP contribution in [0.25, 0.3) is 0 Å². The van der Waals surface area contributed by atoms with Gasteiger partial charge in [0.2, 0.25) is 4.38 Å². The van der Waals surface area contributed by atoms with E-state index in [0.717, 1.165) is 18.9 Å². The summed E-state index contributed by atoms with van der Waals surface area (Å²) in [6, 6.07) is 0. The Morgan fingerprint density at radius 3 is 2.47 bits per heavy atom. The quantitative estimate of drug-likeness (QED) is 0.384. The van der Waals surface area contributed by atoms with Crippen LogP contribution in [-0.2, 0) is 9.47 Å². The molecule has 0 atom stereocenters. The van der Waals surface area contributed by atoms with Gasteiger partial charge in [0.05, 0.1) is 6.61 Å². The molecular weight excluding hydrogens is 228 g/mol. The second-order valence-electron chi connectivity index (χ2n) is 3.97. The number of rotatable bonds is 9. The Balaban J connectivity index is 2.96. The van der Waals surface area contributed by atoms with Gasteiger partial charge < -0.3 is 9.47 Å². The smallest absolute Gasteiger partial charge is 0.216 e. The van der Waals surface area contributed by atoms with Crippen LogP contribution in [0.5, 0.6) is 0 Å². The normalized spacial score (nSPS) is 10.7. The van der Waals surface area contributed by atoms with Gasteiger partial charge in [-0.15, -0.1) is 0 Å². The van der Waals surface area contributed by atoms with Crippen molar-refractivity contribution in [3.63, 3.8) is 0 Å². The van der Waals surface area contributed by atoms with Crippen molar-refractivity contribution >= 4 is 29.2 Å². The number of hydrogen-bond donors (Lipinski definition) is 1. The van der Waals surface area contributed by atoms with E-state index < -0.39 is 0 Å². The van der Waals surface area contributed by atoms with Gasteiger partial charge in [-0.3, -0.25) is 0 Å². The molecule has 0 saturated heterocycles. The van der Waals surface area contributed by atoms with Gasteiger partial charge in [0.1, 0.15) is 6.61 Å². The van der Waals surface area contributed by atoms with Crippen molar-refractivity contribution in [2.45, 2.75) is 39.5 Å². The zero-order valence-electron chi connectivity index (χ0n) is 9.70. The van der Waals surface area contributed by atoms with Crippen molar-refractivity contribution in [1.29, 1.82) is 0 Å². The summed E-state index contributed by atoms with van der Waals surface area (Å²) in [5, 5.41) is 0. The number of hydrogen-bond acceptors (Lipinski definition) is 3. The van der Waals surface area contributed by atoms with E-state index in [9.17, 15) is 0 Å². The maximum atomic E-state index is 5.37. The topological polar surface area (TPSA) is 18.5 Å². The lowest BCUT2D eigenvalue weighted by atomic mass is 10.1. The van der Waals surface area contributed by atoms with Crippen LogP contribution in [0.1, 0.15) is 39.5 Å². The molecule has 4 heteroatoms. The van der Waals surface area contributed by atoms with E-state index >= 15 is 0 Å². The van der Waals surface area contributed by atoms with Crippen LogP contribution < -0.4 is 0 Å². The molecule has 0 unspecified atom stereocenters. The molecule has 0 spiro atoms. The summed E-state index contributed by atoms with van der Waals surface area (Å²) >= 11 is 8.48. The fourth-order valence-corrected chi connectivity index (χ4v) is 1.40. The average Bonchev–Trinajstić information content (AvgIpc) is 2.14. The van der Waals surface area contributed by atoms with Gasteiger partial charge in [-0.2, -0.15) is 0 Å². The minimum absolute atomic E-state index is 0.288. The SMILES string of the molecule is CC(C)CCCCCOCCOC(=S)S. The first-order chi connectivity index (χ1) is 7.13. The lowest BCUT2D eigenvalue weighted by Crippen LogP contribution is -2.06. The van der Waals surface area contributed by atoms with E-state index in [1.807, 2.05) is 0 Å². The molecule has 0 bridgehead atoms. The van der Waals surface area contributed by atoms with E-state index in [4.69, 9.17) is 9.47 Å². The molecule has 0 aliphatic heterocycles. The molecule has 2 nitrogen and oxygen atoms in total. The molecule has 0 amide bonds. The molecule has 90 valence electrons. The minimum atomic E-state index is 0.288. The third kappa shape index (κ3) is 14.2. The Morgan fingerprint density at radius 2 is 1.87 bits per heavy atom. The third-order valence-electron chi connectivity index (χ3n) is 2.02. The molecule has 0 N–H and O–H groups in total. The molecule has 0 radical (unpaired) electrons. The van der Waals surface area contributed by atoms with Crippen molar-refractivity contribution in [1.82, 2.24) is 0 Å². The van der Waals surface area contributed by atoms with Crippen molar-refractivity contribution in [2.24, 2.45) is 5.92 Å². The first-order valence-electron chi connectivity index (χ1n) is 5.56. The number of thiol groups is 1. The molecule has 0 fully saturated rings. The summed E-state index contributed by atoms with van der Waals surface area (Å²) in [6.07, 6.45) is 5.01. The first-order valence-corrected chi connectivity index (χ1v) is 6.42. The molecule has 0 aromatic heterocycles. The van der Waals surface area contributed by atoms with E-state index in [0.29, 0.717) is 13.2 Å². The predicted octanol–water partition coefficient (Wildman–Crippen LogP) is 3.45. The van der Waals surface area contributed by atoms with Crippen molar-refractivity contribution < 1.29 is 9.47 Å². The van der Waals surface area contributed by atoms with Crippen LogP contribution in [-0.4, -0.2) is 24.2 Å². The highest BCUT2D eigenvalue weighted by atomic mass is 32.1. The summed E-state index contributed by atoms with van der Waals surface area (Å²) < 4.78 is 10.6. The van der Waals surface area contributed by atoms with Gasteiger partial charge in [-0.05, 0) is 24.6 Å². The molecular formula is C11H22O2S2. The highest BCUT2D eigenvalue weighted by Crippen LogP contribution is 2.07. The van der Waals surface area contributed by atoms with Crippen LogP contribution >= 0.6 is 24.8 Å². The van der Waals surface area contributed by atoms with Crippen LogP contribution in [0.15, 0.2) is 0 Å². The predicted molar refractivity (Wildman–Crippen MR) is 71.7 cm³/mol. The largest absolute Gasteiger partial charge is 0.476 e. The Hall–Kier alpha value is 0.200. The molecule has 0 aliphatic rings. The fraction of sp³-hybridized carbons (Fsp3) is 0.909. The highest BCUT2D eigenvalue weighted by Gasteiger charge is 1.95. The Morgan fingerprint density at radius 1 is 1.13 bits per heavy atom. The lowest BCUT2D eigenvalue weighted by Gasteiger charge is -2.06.